The summed E-state index contributed by atoms with van der Waals surface area (Å²) in [5, 5.41) is 0. The zero-order chi connectivity index (χ0) is 31.9. The minimum atomic E-state index is -2.42. The van der Waals surface area contributed by atoms with Crippen LogP contribution in [-0.2, 0) is 41.1 Å². The Hall–Kier alpha value is -2.55. The zero-order valence-electron chi connectivity index (χ0n) is 27.4. The van der Waals surface area contributed by atoms with Crippen molar-refractivity contribution in [2.24, 2.45) is 11.3 Å². The van der Waals surface area contributed by atoms with Gasteiger partial charge in [-0.1, -0.05) is 79.7 Å². The fourth-order valence-electron chi connectivity index (χ4n) is 7.49. The molecule has 45 heavy (non-hydrogen) atoms. The van der Waals surface area contributed by atoms with Crippen LogP contribution >= 0.6 is 0 Å². The number of allylic oxidation sites excluding steroid dienone is 1. The average Bonchev–Trinajstić information content (AvgIpc) is 3.51. The first kappa shape index (κ1) is 33.8. The molecule has 5 rings (SSSR count). The molecule has 0 spiro atoms. The highest BCUT2D eigenvalue weighted by Crippen LogP contribution is 2.54. The fourth-order valence-corrected chi connectivity index (χ4v) is 12.0. The molecule has 0 amide bonds. The SMILES string of the molecule is C=CC[C@H]1CC2[C@H](C)[C@@H](C[C@H](C[C@@H]3CCC[C@H](C(C)(C)C(=O)OCc4ccccc4)O3)OCc3ccccc3)O[Si]2(CC=C)O1. The van der Waals surface area contributed by atoms with Crippen molar-refractivity contribution in [3.63, 3.8) is 0 Å². The molecule has 0 aromatic heterocycles. The van der Waals surface area contributed by atoms with Crippen molar-refractivity contribution in [3.8, 4) is 0 Å². The van der Waals surface area contributed by atoms with E-state index in [1.54, 1.807) is 0 Å². The van der Waals surface area contributed by atoms with Crippen LogP contribution in [0.3, 0.4) is 0 Å². The molecule has 3 fully saturated rings. The monoisotopic (exact) mass is 632 g/mol. The number of carbonyl (C=O) groups is 1. The van der Waals surface area contributed by atoms with Gasteiger partial charge < -0.3 is 23.1 Å². The van der Waals surface area contributed by atoms with E-state index in [9.17, 15) is 4.79 Å². The summed E-state index contributed by atoms with van der Waals surface area (Å²) in [4.78, 5) is 13.3. The van der Waals surface area contributed by atoms with Gasteiger partial charge in [-0.3, -0.25) is 4.79 Å². The molecule has 7 heteroatoms. The molecule has 2 aromatic rings. The van der Waals surface area contributed by atoms with E-state index in [1.165, 1.54) is 0 Å². The van der Waals surface area contributed by atoms with E-state index >= 15 is 0 Å². The van der Waals surface area contributed by atoms with Crippen molar-refractivity contribution >= 4 is 14.5 Å². The van der Waals surface area contributed by atoms with Crippen LogP contribution in [0, 0.1) is 11.3 Å². The van der Waals surface area contributed by atoms with E-state index in [-0.39, 0.29) is 43.1 Å². The number of hydrogen-bond donors (Lipinski definition) is 0. The molecule has 0 aliphatic carbocycles. The first-order chi connectivity index (χ1) is 21.7. The van der Waals surface area contributed by atoms with Gasteiger partial charge in [0, 0.05) is 11.6 Å². The van der Waals surface area contributed by atoms with Gasteiger partial charge >= 0.3 is 14.5 Å². The molecule has 0 bridgehead atoms. The van der Waals surface area contributed by atoms with E-state index in [4.69, 9.17) is 23.1 Å². The van der Waals surface area contributed by atoms with Crippen molar-refractivity contribution in [2.45, 2.75) is 121 Å². The topological polar surface area (TPSA) is 63.2 Å². The van der Waals surface area contributed by atoms with Crippen LogP contribution in [0.4, 0.5) is 0 Å². The lowest BCUT2D eigenvalue weighted by molar-refractivity contribution is -0.175. The van der Waals surface area contributed by atoms with Crippen LogP contribution in [0.25, 0.3) is 0 Å². The number of esters is 1. The molecule has 8 atom stereocenters. The first-order valence-electron chi connectivity index (χ1n) is 16.8. The molecule has 0 radical (unpaired) electrons. The molecule has 6 nitrogen and oxygen atoms in total. The maximum absolute atomic E-state index is 13.3. The van der Waals surface area contributed by atoms with Gasteiger partial charge in [0.2, 0.25) is 0 Å². The minimum absolute atomic E-state index is 0.00506. The Labute approximate surface area is 271 Å². The summed E-state index contributed by atoms with van der Waals surface area (Å²) in [5.74, 6) is 0.161. The highest BCUT2D eigenvalue weighted by molar-refractivity contribution is 6.71. The lowest BCUT2D eigenvalue weighted by Crippen LogP contribution is -2.45. The van der Waals surface area contributed by atoms with Gasteiger partial charge in [0.15, 0.2) is 0 Å². The summed E-state index contributed by atoms with van der Waals surface area (Å²) in [6.07, 6.45) is 10.2. The Kier molecular flexibility index (Phi) is 11.5. The Morgan fingerprint density at radius 2 is 1.64 bits per heavy atom. The predicted octanol–water partition coefficient (Wildman–Crippen LogP) is 8.46. The number of hydrogen-bond acceptors (Lipinski definition) is 6. The second-order valence-corrected chi connectivity index (χ2v) is 17.0. The van der Waals surface area contributed by atoms with Crippen LogP contribution in [0.2, 0.25) is 11.6 Å². The van der Waals surface area contributed by atoms with Gasteiger partial charge in [0.25, 0.3) is 0 Å². The third-order valence-corrected chi connectivity index (χ3v) is 14.3. The highest BCUT2D eigenvalue weighted by Gasteiger charge is 2.62. The molecule has 3 heterocycles. The van der Waals surface area contributed by atoms with Crippen molar-refractivity contribution < 1.29 is 27.9 Å². The van der Waals surface area contributed by atoms with E-state index < -0.39 is 14.0 Å². The smallest absolute Gasteiger partial charge is 0.346 e. The second-order valence-electron chi connectivity index (χ2n) is 13.8. The number of carbonyl (C=O) groups excluding carboxylic acids is 1. The maximum atomic E-state index is 13.3. The van der Waals surface area contributed by atoms with Crippen molar-refractivity contribution in [3.05, 3.63) is 97.1 Å². The van der Waals surface area contributed by atoms with Gasteiger partial charge in [-0.05, 0) is 75.8 Å². The Bertz CT molecular complexity index is 1250. The lowest BCUT2D eigenvalue weighted by Gasteiger charge is -2.39. The van der Waals surface area contributed by atoms with E-state index in [0.717, 1.165) is 62.1 Å². The molecule has 0 N–H and O–H groups in total. The highest BCUT2D eigenvalue weighted by atomic mass is 28.4. The van der Waals surface area contributed by atoms with Gasteiger partial charge in [-0.2, -0.15) is 0 Å². The summed E-state index contributed by atoms with van der Waals surface area (Å²) in [6.45, 7) is 15.0. The van der Waals surface area contributed by atoms with Crippen LogP contribution in [0.5, 0.6) is 0 Å². The predicted molar refractivity (Wildman–Crippen MR) is 180 cm³/mol. The molecule has 3 aliphatic rings. The quantitative estimate of drug-likeness (QED) is 0.112. The Morgan fingerprint density at radius 1 is 0.956 bits per heavy atom. The third kappa shape index (κ3) is 8.24. The molecule has 2 unspecified atom stereocenters. The summed E-state index contributed by atoms with van der Waals surface area (Å²) >= 11 is 0. The minimum Gasteiger partial charge on any atom is -0.460 e. The number of rotatable bonds is 15. The molecular weight excluding hydrogens is 580 g/mol. The molecule has 0 saturated carbocycles. The largest absolute Gasteiger partial charge is 0.460 e. The lowest BCUT2D eigenvalue weighted by atomic mass is 9.81. The van der Waals surface area contributed by atoms with Crippen molar-refractivity contribution in [2.75, 3.05) is 0 Å². The average molecular weight is 633 g/mol. The number of fused-ring (bicyclic) bond motifs is 1. The molecule has 3 aliphatic heterocycles. The summed E-state index contributed by atoms with van der Waals surface area (Å²) in [5.41, 5.74) is 1.82. The standard InChI is InChI=1S/C38H52O6Si/c1-6-15-32-25-35-28(3)34(44-45(35,43-32)22-7-2)24-33(40-26-29-16-10-8-11-17-29)23-31-20-14-21-36(42-31)38(4,5)37(39)41-27-30-18-12-9-13-19-30/h6-13,16-19,28,31-36H,1-2,14-15,20-27H2,3-5H3/t28-,31+,32+,33+,34-,35?,36-,45?/m1/s1. The molecule has 3 saturated heterocycles. The van der Waals surface area contributed by atoms with Gasteiger partial charge in [-0.25, -0.2) is 0 Å². The van der Waals surface area contributed by atoms with Crippen molar-refractivity contribution in [1.29, 1.82) is 0 Å². The molecular formula is C38H52O6Si. The van der Waals surface area contributed by atoms with E-state index in [2.05, 4.69) is 32.2 Å². The van der Waals surface area contributed by atoms with Crippen LogP contribution < -0.4 is 0 Å². The second kappa shape index (κ2) is 15.4. The zero-order valence-corrected chi connectivity index (χ0v) is 28.4. The van der Waals surface area contributed by atoms with Gasteiger partial charge in [0.05, 0.1) is 42.5 Å². The van der Waals surface area contributed by atoms with Gasteiger partial charge in [0.1, 0.15) is 6.61 Å². The molecule has 244 valence electrons. The molecule has 2 aromatic carbocycles. The normalized spacial score (nSPS) is 30.4. The van der Waals surface area contributed by atoms with Gasteiger partial charge in [-0.15, -0.1) is 13.2 Å². The summed E-state index contributed by atoms with van der Waals surface area (Å²) in [6, 6.07) is 21.0. The van der Waals surface area contributed by atoms with E-state index in [0.29, 0.717) is 18.1 Å². The summed E-state index contributed by atoms with van der Waals surface area (Å²) < 4.78 is 32.8. The fraction of sp³-hybridized carbons (Fsp3) is 0.553. The first-order valence-corrected chi connectivity index (χ1v) is 18.9. The van der Waals surface area contributed by atoms with Crippen LogP contribution in [-0.4, -0.2) is 45.1 Å². The third-order valence-electron chi connectivity index (χ3n) is 10.1. The number of benzene rings is 2. The Balaban J connectivity index is 1.25. The maximum Gasteiger partial charge on any atom is 0.346 e. The van der Waals surface area contributed by atoms with Crippen LogP contribution in [0.15, 0.2) is 86.0 Å². The van der Waals surface area contributed by atoms with Crippen LogP contribution in [0.1, 0.15) is 76.8 Å². The Morgan fingerprint density at radius 3 is 2.31 bits per heavy atom. The summed E-state index contributed by atoms with van der Waals surface area (Å²) in [7, 11) is -2.42. The van der Waals surface area contributed by atoms with E-state index in [1.807, 2.05) is 74.5 Å². The number of ether oxygens (including phenoxy) is 3. The van der Waals surface area contributed by atoms with Crippen molar-refractivity contribution in [1.82, 2.24) is 0 Å².